The summed E-state index contributed by atoms with van der Waals surface area (Å²) in [4.78, 5) is 10.9. The quantitative estimate of drug-likeness (QED) is 0.591. The lowest BCUT2D eigenvalue weighted by Crippen LogP contribution is -2.07. The maximum Gasteiger partial charge on any atom is 0.488 e. The molecule has 0 fully saturated rings. The van der Waals surface area contributed by atoms with Crippen molar-refractivity contribution in [2.75, 3.05) is 0 Å². The Morgan fingerprint density at radius 1 is 1.40 bits per heavy atom. The predicted molar refractivity (Wildman–Crippen MR) is 47.1 cm³/mol. The highest BCUT2D eigenvalue weighted by molar-refractivity contribution is 7.81. The van der Waals surface area contributed by atoms with Crippen LogP contribution in [0.15, 0.2) is 18.2 Å². The second-order valence-corrected chi connectivity index (χ2v) is 3.60. The molecule has 0 saturated carbocycles. The van der Waals surface area contributed by atoms with Gasteiger partial charge in [-0.15, -0.1) is 0 Å². The Hall–Kier alpha value is -1.50. The summed E-state index contributed by atoms with van der Waals surface area (Å²) in [7, 11) is -5.35. The molecule has 0 aliphatic heterocycles. The van der Waals surface area contributed by atoms with E-state index in [1.54, 1.807) is 0 Å². The van der Waals surface area contributed by atoms with E-state index >= 15 is 0 Å². The van der Waals surface area contributed by atoms with E-state index in [1.165, 1.54) is 6.07 Å². The van der Waals surface area contributed by atoms with Gasteiger partial charge in [-0.2, -0.15) is 8.42 Å². The molecule has 0 N–H and O–H groups in total. The molecule has 0 radical (unpaired) electrons. The lowest BCUT2D eigenvalue weighted by molar-refractivity contribution is 0.101. The number of para-hydroxylation sites is 1. The monoisotopic (exact) mass is 236 g/mol. The van der Waals surface area contributed by atoms with Gasteiger partial charge in [0.1, 0.15) is 0 Å². The Labute approximate surface area is 84.9 Å². The van der Waals surface area contributed by atoms with Gasteiger partial charge in [-0.3, -0.25) is 4.79 Å². The van der Waals surface area contributed by atoms with E-state index in [0.29, 0.717) is 0 Å². The molecule has 1 rings (SSSR count). The zero-order valence-electron chi connectivity index (χ0n) is 7.53. The first-order valence-corrected chi connectivity index (χ1v) is 5.05. The summed E-state index contributed by atoms with van der Waals surface area (Å²) >= 11 is 0. The highest BCUT2D eigenvalue weighted by atomic mass is 32.3. The summed E-state index contributed by atoms with van der Waals surface area (Å²) < 4.78 is 49.3. The van der Waals surface area contributed by atoms with Gasteiger partial charge < -0.3 is 4.18 Å². The third kappa shape index (κ3) is 2.98. The molecule has 0 aromatic heterocycles. The summed E-state index contributed by atoms with van der Waals surface area (Å²) in [6.45, 7) is 1.08. The minimum atomic E-state index is -5.35. The third-order valence-electron chi connectivity index (χ3n) is 1.53. The first kappa shape index (κ1) is 11.6. The normalized spacial score (nSPS) is 11.1. The molecule has 0 spiro atoms. The van der Waals surface area contributed by atoms with Gasteiger partial charge in [0, 0.05) is 0 Å². The van der Waals surface area contributed by atoms with Crippen molar-refractivity contribution >= 4 is 16.3 Å². The molecule has 15 heavy (non-hydrogen) atoms. The highest BCUT2D eigenvalue weighted by Gasteiger charge is 2.19. The Morgan fingerprint density at radius 3 is 2.47 bits per heavy atom. The van der Waals surface area contributed by atoms with Gasteiger partial charge >= 0.3 is 10.5 Å². The molecule has 0 atom stereocenters. The summed E-state index contributed by atoms with van der Waals surface area (Å²) in [5.41, 5.74) is -0.337. The average molecular weight is 236 g/mol. The van der Waals surface area contributed by atoms with Crippen LogP contribution in [0.25, 0.3) is 0 Å². The minimum absolute atomic E-state index is 0.337. The number of hydrogen-bond donors (Lipinski definition) is 0. The second-order valence-electron chi connectivity index (χ2n) is 2.65. The topological polar surface area (TPSA) is 60.4 Å². The van der Waals surface area contributed by atoms with Crippen molar-refractivity contribution in [2.45, 2.75) is 6.92 Å². The average Bonchev–Trinajstić information content (AvgIpc) is 2.05. The van der Waals surface area contributed by atoms with Crippen molar-refractivity contribution in [1.82, 2.24) is 0 Å². The van der Waals surface area contributed by atoms with E-state index < -0.39 is 27.9 Å². The number of benzene rings is 1. The third-order valence-corrected chi connectivity index (χ3v) is 1.89. The Morgan fingerprint density at radius 2 is 2.00 bits per heavy atom. The minimum Gasteiger partial charge on any atom is -0.354 e. The van der Waals surface area contributed by atoms with Crippen LogP contribution in [0.1, 0.15) is 17.3 Å². The van der Waals surface area contributed by atoms with E-state index in [9.17, 15) is 21.5 Å². The Bertz CT molecular complexity index is 495. The molecule has 7 heteroatoms. The van der Waals surface area contributed by atoms with Crippen LogP contribution in [0.5, 0.6) is 5.75 Å². The van der Waals surface area contributed by atoms with Crippen LogP contribution < -0.4 is 4.18 Å². The lowest BCUT2D eigenvalue weighted by atomic mass is 10.1. The molecule has 0 unspecified atom stereocenters. The van der Waals surface area contributed by atoms with E-state index in [2.05, 4.69) is 4.18 Å². The first-order chi connectivity index (χ1) is 6.81. The first-order valence-electron chi connectivity index (χ1n) is 3.75. The fraction of sp³-hybridized carbons (Fsp3) is 0.125. The van der Waals surface area contributed by atoms with E-state index in [4.69, 9.17) is 0 Å². The number of Topliss-reactive ketones (excluding diaryl/α,β-unsaturated/α-hetero) is 1. The maximum atomic E-state index is 13.0. The number of ketones is 1. The number of rotatable bonds is 3. The molecule has 0 saturated heterocycles. The van der Waals surface area contributed by atoms with E-state index in [1.807, 2.05) is 0 Å². The van der Waals surface area contributed by atoms with Crippen LogP contribution in [-0.2, 0) is 10.5 Å². The summed E-state index contributed by atoms with van der Waals surface area (Å²) in [6.07, 6.45) is 0. The Balaban J connectivity index is 3.32. The van der Waals surface area contributed by atoms with Crippen molar-refractivity contribution in [2.24, 2.45) is 0 Å². The molecule has 1 aromatic carbocycles. The zero-order valence-corrected chi connectivity index (χ0v) is 8.35. The summed E-state index contributed by atoms with van der Waals surface area (Å²) in [5.74, 6) is -2.68. The highest BCUT2D eigenvalue weighted by Crippen LogP contribution is 2.24. The molecule has 0 bridgehead atoms. The number of halogens is 2. The molecular formula is C8H6F2O4S. The van der Waals surface area contributed by atoms with Crippen molar-refractivity contribution < 1.29 is 25.7 Å². The van der Waals surface area contributed by atoms with Gasteiger partial charge in [-0.05, 0) is 19.1 Å². The fourth-order valence-corrected chi connectivity index (χ4v) is 1.34. The zero-order chi connectivity index (χ0) is 11.6. The van der Waals surface area contributed by atoms with Gasteiger partial charge in [0.15, 0.2) is 17.3 Å². The van der Waals surface area contributed by atoms with Crippen LogP contribution in [0.2, 0.25) is 0 Å². The SMILES string of the molecule is CC(=O)c1cccc(F)c1OS(=O)(=O)F. The van der Waals surface area contributed by atoms with Gasteiger partial charge in [0.25, 0.3) is 0 Å². The van der Waals surface area contributed by atoms with Crippen LogP contribution in [0.4, 0.5) is 8.28 Å². The van der Waals surface area contributed by atoms with Gasteiger partial charge in [-0.25, -0.2) is 4.39 Å². The smallest absolute Gasteiger partial charge is 0.354 e. The standard InChI is InChI=1S/C8H6F2O4S/c1-5(11)6-3-2-4-7(9)8(6)14-15(10,12)13/h2-4H,1H3. The number of carbonyl (C=O) groups is 1. The number of carbonyl (C=O) groups excluding carboxylic acids is 1. The lowest BCUT2D eigenvalue weighted by Gasteiger charge is -2.05. The number of hydrogen-bond acceptors (Lipinski definition) is 4. The molecule has 0 aliphatic carbocycles. The second kappa shape index (κ2) is 3.93. The molecule has 4 nitrogen and oxygen atoms in total. The summed E-state index contributed by atoms with van der Waals surface area (Å²) in [6, 6.07) is 3.17. The van der Waals surface area contributed by atoms with Crippen molar-refractivity contribution in [3.63, 3.8) is 0 Å². The molecule has 1 aromatic rings. The molecule has 82 valence electrons. The van der Waals surface area contributed by atoms with Crippen LogP contribution >= 0.6 is 0 Å². The van der Waals surface area contributed by atoms with Crippen molar-refractivity contribution in [1.29, 1.82) is 0 Å². The summed E-state index contributed by atoms with van der Waals surface area (Å²) in [5, 5.41) is 0. The maximum absolute atomic E-state index is 13.0. The van der Waals surface area contributed by atoms with Crippen molar-refractivity contribution in [3.8, 4) is 5.75 Å². The Kier molecular flexibility index (Phi) is 3.04. The van der Waals surface area contributed by atoms with E-state index in [0.717, 1.165) is 19.1 Å². The van der Waals surface area contributed by atoms with Gasteiger partial charge in [0.05, 0.1) is 5.56 Å². The van der Waals surface area contributed by atoms with Gasteiger partial charge in [0.2, 0.25) is 0 Å². The van der Waals surface area contributed by atoms with Crippen LogP contribution in [0, 0.1) is 5.82 Å². The fourth-order valence-electron chi connectivity index (χ4n) is 0.970. The van der Waals surface area contributed by atoms with Gasteiger partial charge in [-0.1, -0.05) is 9.95 Å². The predicted octanol–water partition coefficient (Wildman–Crippen LogP) is 1.62. The molecule has 0 amide bonds. The molecular weight excluding hydrogens is 230 g/mol. The van der Waals surface area contributed by atoms with Crippen molar-refractivity contribution in [3.05, 3.63) is 29.6 Å². The molecule has 0 heterocycles. The molecule has 0 aliphatic rings. The van der Waals surface area contributed by atoms with Crippen LogP contribution in [-0.4, -0.2) is 14.2 Å². The van der Waals surface area contributed by atoms with Crippen LogP contribution in [0.3, 0.4) is 0 Å². The van der Waals surface area contributed by atoms with E-state index in [-0.39, 0.29) is 5.56 Å². The largest absolute Gasteiger partial charge is 0.488 e.